The van der Waals surface area contributed by atoms with Gasteiger partial charge in [-0.25, -0.2) is 4.79 Å². The third kappa shape index (κ3) is 3.11. The molecule has 6 heteroatoms. The molecule has 13 heavy (non-hydrogen) atoms. The van der Waals surface area contributed by atoms with Gasteiger partial charge in [-0.05, 0) is 6.92 Å². The van der Waals surface area contributed by atoms with Gasteiger partial charge in [-0.3, -0.25) is 9.78 Å². The molecule has 0 spiro atoms. The molecule has 0 atom stereocenters. The van der Waals surface area contributed by atoms with Gasteiger partial charge in [-0.15, -0.1) is 0 Å². The molecule has 0 aliphatic rings. The molecule has 0 saturated carbocycles. The van der Waals surface area contributed by atoms with Crippen molar-refractivity contribution in [2.75, 3.05) is 6.61 Å². The molecule has 1 aromatic heterocycles. The zero-order chi connectivity index (χ0) is 9.14. The molecule has 1 heterocycles. The average molecular weight is 193 g/mol. The predicted octanol–water partition coefficient (Wildman–Crippen LogP) is -1.47. The van der Waals surface area contributed by atoms with Gasteiger partial charge in [0.2, 0.25) is 0 Å². The third-order valence-electron chi connectivity index (χ3n) is 1.62. The zero-order valence-corrected chi connectivity index (χ0v) is 9.68. The van der Waals surface area contributed by atoms with Crippen molar-refractivity contribution in [2.45, 2.75) is 13.3 Å². The van der Waals surface area contributed by atoms with Crippen LogP contribution in [-0.2, 0) is 6.42 Å². The summed E-state index contributed by atoms with van der Waals surface area (Å²) >= 11 is 0. The molecule has 3 N–H and O–H groups in total. The molecule has 0 aromatic carbocycles. The fourth-order valence-electron chi connectivity index (χ4n) is 1.04. The van der Waals surface area contributed by atoms with E-state index in [9.17, 15) is 9.59 Å². The van der Waals surface area contributed by atoms with E-state index in [4.69, 9.17) is 5.11 Å². The quantitative estimate of drug-likeness (QED) is 0.501. The van der Waals surface area contributed by atoms with Crippen molar-refractivity contribution in [1.82, 2.24) is 9.97 Å². The van der Waals surface area contributed by atoms with Crippen LogP contribution in [-0.4, -0.2) is 51.2 Å². The van der Waals surface area contributed by atoms with E-state index in [1.165, 1.54) is 0 Å². The zero-order valence-electron chi connectivity index (χ0n) is 7.68. The second-order valence-electron chi connectivity index (χ2n) is 2.49. The van der Waals surface area contributed by atoms with Gasteiger partial charge in [0, 0.05) is 53.8 Å². The number of nitrogens with one attached hydrogen (secondary N) is 2. The van der Waals surface area contributed by atoms with E-state index < -0.39 is 11.2 Å². The van der Waals surface area contributed by atoms with Crippen molar-refractivity contribution in [3.05, 3.63) is 32.1 Å². The van der Waals surface area contributed by atoms with Crippen LogP contribution in [0.25, 0.3) is 0 Å². The van der Waals surface area contributed by atoms with Crippen LogP contribution in [0.15, 0.2) is 9.59 Å². The average Bonchev–Trinajstić information content (AvgIpc) is 1.96. The molecule has 67 valence electrons. The topological polar surface area (TPSA) is 86.0 Å². The van der Waals surface area contributed by atoms with Gasteiger partial charge >= 0.3 is 5.69 Å². The van der Waals surface area contributed by atoms with E-state index >= 15 is 0 Å². The van der Waals surface area contributed by atoms with Crippen molar-refractivity contribution in [3.63, 3.8) is 0 Å². The maximum atomic E-state index is 11.1. The Labute approximate surface area is 96.5 Å². The summed E-state index contributed by atoms with van der Waals surface area (Å²) in [5.41, 5.74) is -0.000565. The number of aromatic amines is 2. The number of hydrogen-bond acceptors (Lipinski definition) is 3. The van der Waals surface area contributed by atoms with Crippen molar-refractivity contribution in [3.8, 4) is 0 Å². The van der Waals surface area contributed by atoms with E-state index in [0.29, 0.717) is 11.3 Å². The Kier molecular flexibility index (Phi) is 5.24. The first-order valence-electron chi connectivity index (χ1n) is 3.58. The largest absolute Gasteiger partial charge is 0.396 e. The first-order valence-corrected chi connectivity index (χ1v) is 3.58. The fourth-order valence-corrected chi connectivity index (χ4v) is 1.04. The Bertz CT molecular complexity index is 382. The van der Waals surface area contributed by atoms with Crippen molar-refractivity contribution in [1.29, 1.82) is 0 Å². The van der Waals surface area contributed by atoms with Crippen LogP contribution in [0, 0.1) is 6.92 Å². The predicted molar refractivity (Wildman–Crippen MR) is 49.0 cm³/mol. The van der Waals surface area contributed by atoms with Crippen molar-refractivity contribution < 1.29 is 5.11 Å². The van der Waals surface area contributed by atoms with Crippen LogP contribution in [0.5, 0.6) is 0 Å². The summed E-state index contributed by atoms with van der Waals surface area (Å²) in [5, 5.41) is 8.59. The third-order valence-corrected chi connectivity index (χ3v) is 1.62. The number of aromatic nitrogens is 2. The molecule has 5 nitrogen and oxygen atoms in total. The number of aliphatic hydroxyl groups is 1. The minimum Gasteiger partial charge on any atom is -0.396 e. The van der Waals surface area contributed by atoms with Crippen LogP contribution in [0.4, 0.5) is 0 Å². The molecule has 0 fully saturated rings. The van der Waals surface area contributed by atoms with Crippen LogP contribution < -0.4 is 11.2 Å². The fraction of sp³-hybridized carbons (Fsp3) is 0.429. The molecular weight excluding hydrogens is 183 g/mol. The van der Waals surface area contributed by atoms with E-state index in [1.807, 2.05) is 0 Å². The Morgan fingerprint density at radius 1 is 1.31 bits per heavy atom. The van der Waals surface area contributed by atoms with E-state index in [0.717, 1.165) is 0 Å². The van der Waals surface area contributed by atoms with Crippen LogP contribution in [0.1, 0.15) is 11.3 Å². The Morgan fingerprint density at radius 2 is 1.92 bits per heavy atom. The second kappa shape index (κ2) is 5.39. The molecule has 0 unspecified atom stereocenters. The van der Waals surface area contributed by atoms with Crippen molar-refractivity contribution >= 4 is 29.6 Å². The smallest absolute Gasteiger partial charge is 0.325 e. The monoisotopic (exact) mass is 193 g/mol. The van der Waals surface area contributed by atoms with E-state index in [2.05, 4.69) is 9.97 Å². The van der Waals surface area contributed by atoms with Crippen molar-refractivity contribution in [2.24, 2.45) is 0 Å². The summed E-state index contributed by atoms with van der Waals surface area (Å²) < 4.78 is 0. The van der Waals surface area contributed by atoms with Crippen LogP contribution in [0.2, 0.25) is 0 Å². The first kappa shape index (κ1) is 12.6. The van der Waals surface area contributed by atoms with Crippen LogP contribution in [0.3, 0.4) is 0 Å². The number of rotatable bonds is 2. The summed E-state index contributed by atoms with van der Waals surface area (Å²) in [4.78, 5) is 26.3. The SMILES string of the molecule is Cc1[nH]c(=O)[nH]c(=O)c1CCO.[Na]. The van der Waals surface area contributed by atoms with Gasteiger partial charge in [0.25, 0.3) is 5.56 Å². The molecule has 0 bridgehead atoms. The number of aryl methyl sites for hydroxylation is 1. The van der Waals surface area contributed by atoms with Gasteiger partial charge in [0.15, 0.2) is 0 Å². The standard InChI is InChI=1S/C7H10N2O3.Na/c1-4-5(2-3-10)6(11)9-7(12)8-4;/h10H,2-3H2,1H3,(H2,8,9,11,12);. The van der Waals surface area contributed by atoms with Gasteiger partial charge in [0.05, 0.1) is 0 Å². The molecule has 1 radical (unpaired) electrons. The summed E-state index contributed by atoms with van der Waals surface area (Å²) in [6.07, 6.45) is 0.262. The van der Waals surface area contributed by atoms with E-state index in [-0.39, 0.29) is 42.6 Å². The maximum absolute atomic E-state index is 11.1. The minimum atomic E-state index is -0.515. The maximum Gasteiger partial charge on any atom is 0.325 e. The number of H-pyrrole nitrogens is 2. The van der Waals surface area contributed by atoms with Gasteiger partial charge in [0.1, 0.15) is 0 Å². The molecule has 1 rings (SSSR count). The van der Waals surface area contributed by atoms with Gasteiger partial charge in [-0.1, -0.05) is 0 Å². The molecule has 0 saturated heterocycles. The van der Waals surface area contributed by atoms with E-state index in [1.54, 1.807) is 6.92 Å². The Balaban J connectivity index is 0.00000144. The molecular formula is C7H10N2NaO3. The molecule has 0 amide bonds. The molecule has 1 aromatic rings. The Hall–Kier alpha value is -0.360. The van der Waals surface area contributed by atoms with Gasteiger partial charge in [-0.2, -0.15) is 0 Å². The summed E-state index contributed by atoms with van der Waals surface area (Å²) in [6, 6.07) is 0. The summed E-state index contributed by atoms with van der Waals surface area (Å²) in [5.74, 6) is 0. The number of aliphatic hydroxyl groups excluding tert-OH is 1. The normalized spacial score (nSPS) is 9.38. The molecule has 0 aliphatic carbocycles. The van der Waals surface area contributed by atoms with Crippen LogP contribution >= 0.6 is 0 Å². The summed E-state index contributed by atoms with van der Waals surface area (Å²) in [6.45, 7) is 1.53. The second-order valence-corrected chi connectivity index (χ2v) is 2.49. The summed E-state index contributed by atoms with van der Waals surface area (Å²) in [7, 11) is 0. The minimum absolute atomic E-state index is 0. The first-order chi connectivity index (χ1) is 5.65. The molecule has 0 aliphatic heterocycles. The van der Waals surface area contributed by atoms with Gasteiger partial charge < -0.3 is 10.1 Å². The number of hydrogen-bond donors (Lipinski definition) is 3. The Morgan fingerprint density at radius 3 is 2.38 bits per heavy atom.